The van der Waals surface area contributed by atoms with Crippen LogP contribution in [0.4, 0.5) is 4.79 Å². The van der Waals surface area contributed by atoms with E-state index < -0.39 is 5.60 Å². The van der Waals surface area contributed by atoms with Gasteiger partial charge < -0.3 is 14.4 Å². The Morgan fingerprint density at radius 2 is 1.87 bits per heavy atom. The Bertz CT molecular complexity index is 549. The molecular formula is C17H25BrN2O3. The van der Waals surface area contributed by atoms with E-state index >= 15 is 0 Å². The molecule has 128 valence electrons. The summed E-state index contributed by atoms with van der Waals surface area (Å²) in [5.74, 6) is 0.883. The number of ether oxygens (including phenoxy) is 2. The zero-order valence-corrected chi connectivity index (χ0v) is 15.9. The van der Waals surface area contributed by atoms with Crippen molar-refractivity contribution in [3.05, 3.63) is 28.2 Å². The third-order valence-corrected chi connectivity index (χ3v) is 4.44. The van der Waals surface area contributed by atoms with Crippen molar-refractivity contribution in [1.29, 1.82) is 0 Å². The number of nitrogens with zero attached hydrogens (tertiary/aromatic N) is 2. The van der Waals surface area contributed by atoms with Gasteiger partial charge in [0, 0.05) is 42.8 Å². The second-order valence-electron chi connectivity index (χ2n) is 6.66. The molecule has 0 radical (unpaired) electrons. The van der Waals surface area contributed by atoms with Gasteiger partial charge in [-0.25, -0.2) is 4.79 Å². The van der Waals surface area contributed by atoms with Crippen molar-refractivity contribution in [2.45, 2.75) is 32.9 Å². The van der Waals surface area contributed by atoms with E-state index in [2.05, 4.69) is 20.8 Å². The summed E-state index contributed by atoms with van der Waals surface area (Å²) in [5.41, 5.74) is 0.692. The van der Waals surface area contributed by atoms with Crippen LogP contribution in [0.3, 0.4) is 0 Å². The predicted octanol–water partition coefficient (Wildman–Crippen LogP) is 3.51. The molecule has 0 aliphatic carbocycles. The van der Waals surface area contributed by atoms with E-state index in [1.165, 1.54) is 0 Å². The minimum atomic E-state index is -0.448. The van der Waals surface area contributed by atoms with Crippen LogP contribution in [0.25, 0.3) is 0 Å². The molecule has 0 saturated carbocycles. The highest BCUT2D eigenvalue weighted by Crippen LogP contribution is 2.28. The summed E-state index contributed by atoms with van der Waals surface area (Å²) in [6, 6.07) is 5.96. The summed E-state index contributed by atoms with van der Waals surface area (Å²) in [4.78, 5) is 16.2. The fourth-order valence-electron chi connectivity index (χ4n) is 2.52. The maximum absolute atomic E-state index is 12.1. The predicted molar refractivity (Wildman–Crippen MR) is 93.8 cm³/mol. The molecule has 1 aromatic carbocycles. The molecule has 1 saturated heterocycles. The van der Waals surface area contributed by atoms with Crippen LogP contribution < -0.4 is 4.74 Å². The van der Waals surface area contributed by atoms with Gasteiger partial charge in [0.25, 0.3) is 0 Å². The molecule has 5 nitrogen and oxygen atoms in total. The molecule has 0 bridgehead atoms. The highest BCUT2D eigenvalue weighted by Gasteiger charge is 2.26. The summed E-state index contributed by atoms with van der Waals surface area (Å²) in [6.45, 7) is 9.48. The number of carbonyl (C=O) groups is 1. The largest absolute Gasteiger partial charge is 0.496 e. The molecule has 0 aromatic heterocycles. The van der Waals surface area contributed by atoms with Crippen LogP contribution in [-0.4, -0.2) is 54.8 Å². The maximum atomic E-state index is 12.1. The highest BCUT2D eigenvalue weighted by molar-refractivity contribution is 9.10. The molecule has 1 aliphatic heterocycles. The molecule has 1 fully saturated rings. The molecule has 0 spiro atoms. The van der Waals surface area contributed by atoms with Gasteiger partial charge in [0.1, 0.15) is 11.4 Å². The quantitative estimate of drug-likeness (QED) is 0.799. The van der Waals surface area contributed by atoms with Gasteiger partial charge in [-0.1, -0.05) is 22.0 Å². The summed E-state index contributed by atoms with van der Waals surface area (Å²) >= 11 is 3.59. The molecule has 1 amide bonds. The number of hydrogen-bond donors (Lipinski definition) is 0. The summed E-state index contributed by atoms with van der Waals surface area (Å²) in [7, 11) is 1.69. The van der Waals surface area contributed by atoms with Crippen molar-refractivity contribution in [3.63, 3.8) is 0 Å². The SMILES string of the molecule is COc1cccc(Br)c1CN1CCN(C(=O)OC(C)(C)C)CC1. The molecular weight excluding hydrogens is 360 g/mol. The van der Waals surface area contributed by atoms with Crippen molar-refractivity contribution in [2.75, 3.05) is 33.3 Å². The summed E-state index contributed by atoms with van der Waals surface area (Å²) in [5, 5.41) is 0. The minimum Gasteiger partial charge on any atom is -0.496 e. The number of hydrogen-bond acceptors (Lipinski definition) is 4. The first-order valence-corrected chi connectivity index (χ1v) is 8.61. The van der Waals surface area contributed by atoms with Gasteiger partial charge >= 0.3 is 6.09 Å². The van der Waals surface area contributed by atoms with Crippen molar-refractivity contribution in [2.24, 2.45) is 0 Å². The third-order valence-electron chi connectivity index (χ3n) is 3.70. The average Bonchev–Trinajstić information content (AvgIpc) is 2.48. The summed E-state index contributed by atoms with van der Waals surface area (Å²) < 4.78 is 11.9. The normalized spacial score (nSPS) is 16.3. The van der Waals surface area contributed by atoms with E-state index in [9.17, 15) is 4.79 Å². The van der Waals surface area contributed by atoms with Gasteiger partial charge in [0.2, 0.25) is 0 Å². The van der Waals surface area contributed by atoms with Crippen LogP contribution in [0.5, 0.6) is 5.75 Å². The Morgan fingerprint density at radius 3 is 2.43 bits per heavy atom. The van der Waals surface area contributed by atoms with Crippen LogP contribution in [0, 0.1) is 0 Å². The topological polar surface area (TPSA) is 42.0 Å². The Kier molecular flexibility index (Phi) is 5.92. The van der Waals surface area contributed by atoms with Gasteiger partial charge in [-0.05, 0) is 32.9 Å². The standard InChI is InChI=1S/C17H25BrN2O3/c1-17(2,3)23-16(21)20-10-8-19(9-11-20)12-13-14(18)6-5-7-15(13)22-4/h5-7H,8-12H2,1-4H3. The highest BCUT2D eigenvalue weighted by atomic mass is 79.9. The van der Waals surface area contributed by atoms with Gasteiger partial charge in [0.15, 0.2) is 0 Å². The fourth-order valence-corrected chi connectivity index (χ4v) is 3.00. The lowest BCUT2D eigenvalue weighted by Gasteiger charge is -2.35. The van der Waals surface area contributed by atoms with Crippen LogP contribution in [0.1, 0.15) is 26.3 Å². The lowest BCUT2D eigenvalue weighted by atomic mass is 10.1. The number of methoxy groups -OCH3 is 1. The van der Waals surface area contributed by atoms with E-state index in [0.29, 0.717) is 13.1 Å². The molecule has 0 unspecified atom stereocenters. The minimum absolute atomic E-state index is 0.226. The smallest absolute Gasteiger partial charge is 0.410 e. The Hall–Kier alpha value is -1.27. The lowest BCUT2D eigenvalue weighted by Crippen LogP contribution is -2.49. The lowest BCUT2D eigenvalue weighted by molar-refractivity contribution is 0.0138. The van der Waals surface area contributed by atoms with Gasteiger partial charge in [-0.2, -0.15) is 0 Å². The van der Waals surface area contributed by atoms with Crippen LogP contribution in [0.2, 0.25) is 0 Å². The second-order valence-corrected chi connectivity index (χ2v) is 7.52. The maximum Gasteiger partial charge on any atom is 0.410 e. The van der Waals surface area contributed by atoms with Gasteiger partial charge in [0.05, 0.1) is 7.11 Å². The molecule has 1 aromatic rings. The van der Waals surface area contributed by atoms with E-state index in [-0.39, 0.29) is 6.09 Å². The summed E-state index contributed by atoms with van der Waals surface area (Å²) in [6.07, 6.45) is -0.226. The van der Waals surface area contributed by atoms with Gasteiger partial charge in [-0.15, -0.1) is 0 Å². The zero-order chi connectivity index (χ0) is 17.0. The second kappa shape index (κ2) is 7.53. The van der Waals surface area contributed by atoms with Crippen LogP contribution >= 0.6 is 15.9 Å². The number of rotatable bonds is 3. The molecule has 6 heteroatoms. The van der Waals surface area contributed by atoms with Crippen LogP contribution in [0.15, 0.2) is 22.7 Å². The first-order chi connectivity index (χ1) is 10.8. The molecule has 0 N–H and O–H groups in total. The van der Waals surface area contributed by atoms with E-state index in [1.807, 2.05) is 39.0 Å². The van der Waals surface area contributed by atoms with E-state index in [4.69, 9.17) is 9.47 Å². The molecule has 23 heavy (non-hydrogen) atoms. The molecule has 1 heterocycles. The Morgan fingerprint density at radius 1 is 1.22 bits per heavy atom. The average molecular weight is 385 g/mol. The zero-order valence-electron chi connectivity index (χ0n) is 14.3. The van der Waals surface area contributed by atoms with Crippen LogP contribution in [-0.2, 0) is 11.3 Å². The number of amides is 1. The van der Waals surface area contributed by atoms with Gasteiger partial charge in [-0.3, -0.25) is 4.90 Å². The fraction of sp³-hybridized carbons (Fsp3) is 0.588. The molecule has 0 atom stereocenters. The van der Waals surface area contributed by atoms with E-state index in [1.54, 1.807) is 12.0 Å². The number of benzene rings is 1. The number of piperazine rings is 1. The first kappa shape index (κ1) is 18.1. The van der Waals surface area contributed by atoms with E-state index in [0.717, 1.165) is 35.4 Å². The van der Waals surface area contributed by atoms with Crippen molar-refractivity contribution in [3.8, 4) is 5.75 Å². The Labute approximate surface area is 146 Å². The molecule has 1 aliphatic rings. The third kappa shape index (κ3) is 5.11. The Balaban J connectivity index is 1.92. The first-order valence-electron chi connectivity index (χ1n) is 7.82. The van der Waals surface area contributed by atoms with Crippen molar-refractivity contribution >= 4 is 22.0 Å². The van der Waals surface area contributed by atoms with Crippen molar-refractivity contribution < 1.29 is 14.3 Å². The monoisotopic (exact) mass is 384 g/mol. The number of carbonyl (C=O) groups excluding carboxylic acids is 1. The molecule has 2 rings (SSSR count). The van der Waals surface area contributed by atoms with Crippen molar-refractivity contribution in [1.82, 2.24) is 9.80 Å². The number of halogens is 1.